The van der Waals surface area contributed by atoms with Crippen molar-refractivity contribution in [3.8, 4) is 0 Å². The molecule has 15 heavy (non-hydrogen) atoms. The molecule has 80 valence electrons. The number of carbonyl (C=O) groups is 2. The first-order valence-electron chi connectivity index (χ1n) is 4.49. The van der Waals surface area contributed by atoms with Gasteiger partial charge in [-0.15, -0.1) is 0 Å². The van der Waals surface area contributed by atoms with Crippen molar-refractivity contribution < 1.29 is 19.1 Å². The van der Waals surface area contributed by atoms with Gasteiger partial charge in [0.15, 0.2) is 6.10 Å². The van der Waals surface area contributed by atoms with E-state index in [9.17, 15) is 9.59 Å². The molecule has 0 aromatic heterocycles. The van der Waals surface area contributed by atoms with Gasteiger partial charge in [-0.3, -0.25) is 0 Å². The first kappa shape index (κ1) is 11.2. The van der Waals surface area contributed by atoms with Crippen LogP contribution in [-0.2, 0) is 14.3 Å². The van der Waals surface area contributed by atoms with Crippen LogP contribution < -0.4 is 0 Å². The van der Waals surface area contributed by atoms with Gasteiger partial charge < -0.3 is 9.47 Å². The summed E-state index contributed by atoms with van der Waals surface area (Å²) in [5.41, 5.74) is 0.410. The van der Waals surface area contributed by atoms with Crippen molar-refractivity contribution >= 4 is 11.9 Å². The minimum atomic E-state index is -0.886. The summed E-state index contributed by atoms with van der Waals surface area (Å²) < 4.78 is 9.31. The quantitative estimate of drug-likeness (QED) is 0.704. The Bertz CT molecular complexity index is 345. The number of methoxy groups -OCH3 is 1. The molecule has 0 aliphatic rings. The van der Waals surface area contributed by atoms with Crippen molar-refractivity contribution in [3.05, 3.63) is 35.9 Å². The average molecular weight is 208 g/mol. The number of esters is 2. The Labute approximate surface area is 87.8 Å². The molecule has 0 unspecified atom stereocenters. The van der Waals surface area contributed by atoms with Crippen molar-refractivity contribution in [2.45, 2.75) is 13.0 Å². The molecule has 0 aliphatic carbocycles. The maximum Gasteiger partial charge on any atom is 0.346 e. The Balaban J connectivity index is 2.61. The van der Waals surface area contributed by atoms with E-state index >= 15 is 0 Å². The Morgan fingerprint density at radius 3 is 2.33 bits per heavy atom. The van der Waals surface area contributed by atoms with Crippen LogP contribution in [0.5, 0.6) is 0 Å². The molecule has 0 saturated heterocycles. The van der Waals surface area contributed by atoms with Crippen LogP contribution in [0, 0.1) is 0 Å². The van der Waals surface area contributed by atoms with Crippen molar-refractivity contribution in [1.82, 2.24) is 0 Å². The molecule has 0 heterocycles. The summed E-state index contributed by atoms with van der Waals surface area (Å²) >= 11 is 0. The SMILES string of the molecule is COC(=O)[C@H](C)OC(=O)c1ccccc1. The predicted octanol–water partition coefficient (Wildman–Crippen LogP) is 1.40. The van der Waals surface area contributed by atoms with Gasteiger partial charge in [-0.05, 0) is 19.1 Å². The zero-order valence-corrected chi connectivity index (χ0v) is 8.60. The van der Waals surface area contributed by atoms with Gasteiger partial charge in [-0.2, -0.15) is 0 Å². The van der Waals surface area contributed by atoms with E-state index in [1.807, 2.05) is 0 Å². The first-order valence-corrected chi connectivity index (χ1v) is 4.49. The van der Waals surface area contributed by atoms with Crippen LogP contribution in [0.1, 0.15) is 17.3 Å². The second-order valence-corrected chi connectivity index (χ2v) is 2.94. The lowest BCUT2D eigenvalue weighted by Gasteiger charge is -2.10. The van der Waals surface area contributed by atoms with Gasteiger partial charge in [0, 0.05) is 0 Å². The molecule has 0 radical (unpaired) electrons. The lowest BCUT2D eigenvalue weighted by molar-refractivity contribution is -0.149. The summed E-state index contributed by atoms with van der Waals surface area (Å²) in [6, 6.07) is 8.47. The second kappa shape index (κ2) is 5.14. The largest absolute Gasteiger partial charge is 0.466 e. The smallest absolute Gasteiger partial charge is 0.346 e. The molecule has 1 aromatic rings. The summed E-state index contributed by atoms with van der Waals surface area (Å²) in [6.45, 7) is 1.46. The molecule has 4 nitrogen and oxygen atoms in total. The molecular weight excluding hydrogens is 196 g/mol. The Morgan fingerprint density at radius 1 is 1.20 bits per heavy atom. The fourth-order valence-electron chi connectivity index (χ4n) is 1.02. The summed E-state index contributed by atoms with van der Waals surface area (Å²) in [5, 5.41) is 0. The summed E-state index contributed by atoms with van der Waals surface area (Å²) in [7, 11) is 1.25. The molecule has 1 atom stereocenters. The number of rotatable bonds is 3. The molecule has 4 heteroatoms. The van der Waals surface area contributed by atoms with Crippen molar-refractivity contribution in [3.63, 3.8) is 0 Å². The van der Waals surface area contributed by atoms with Crippen LogP contribution in [0.3, 0.4) is 0 Å². The fraction of sp³-hybridized carbons (Fsp3) is 0.273. The normalized spacial score (nSPS) is 11.6. The highest BCUT2D eigenvalue weighted by atomic mass is 16.6. The van der Waals surface area contributed by atoms with Crippen LogP contribution in [0.2, 0.25) is 0 Å². The van der Waals surface area contributed by atoms with Gasteiger partial charge in [-0.1, -0.05) is 18.2 Å². The van der Waals surface area contributed by atoms with Crippen molar-refractivity contribution in [2.24, 2.45) is 0 Å². The van der Waals surface area contributed by atoms with E-state index < -0.39 is 18.0 Å². The van der Waals surface area contributed by atoms with E-state index in [2.05, 4.69) is 4.74 Å². The van der Waals surface area contributed by atoms with Crippen molar-refractivity contribution in [2.75, 3.05) is 7.11 Å². The number of ether oxygens (including phenoxy) is 2. The lowest BCUT2D eigenvalue weighted by atomic mass is 10.2. The zero-order valence-electron chi connectivity index (χ0n) is 8.60. The van der Waals surface area contributed by atoms with Gasteiger partial charge >= 0.3 is 11.9 Å². The number of hydrogen-bond donors (Lipinski definition) is 0. The molecule has 0 bridgehead atoms. The third-order valence-electron chi connectivity index (χ3n) is 1.83. The van der Waals surface area contributed by atoms with E-state index in [1.54, 1.807) is 30.3 Å². The first-order chi connectivity index (χ1) is 7.15. The van der Waals surface area contributed by atoms with E-state index in [1.165, 1.54) is 14.0 Å². The van der Waals surface area contributed by atoms with Crippen LogP contribution in [0.25, 0.3) is 0 Å². The van der Waals surface area contributed by atoms with Crippen LogP contribution in [0.4, 0.5) is 0 Å². The topological polar surface area (TPSA) is 52.6 Å². The monoisotopic (exact) mass is 208 g/mol. The highest BCUT2D eigenvalue weighted by molar-refractivity contribution is 5.91. The second-order valence-electron chi connectivity index (χ2n) is 2.94. The van der Waals surface area contributed by atoms with Crippen LogP contribution >= 0.6 is 0 Å². The Hall–Kier alpha value is -1.84. The molecule has 0 amide bonds. The number of hydrogen-bond acceptors (Lipinski definition) is 4. The summed E-state index contributed by atoms with van der Waals surface area (Å²) in [4.78, 5) is 22.4. The molecule has 1 aromatic carbocycles. The van der Waals surface area contributed by atoms with Gasteiger partial charge in [0.25, 0.3) is 0 Å². The predicted molar refractivity (Wildman–Crippen MR) is 53.3 cm³/mol. The van der Waals surface area contributed by atoms with E-state index in [0.29, 0.717) is 5.56 Å². The highest BCUT2D eigenvalue weighted by Crippen LogP contribution is 2.04. The van der Waals surface area contributed by atoms with Gasteiger partial charge in [0.05, 0.1) is 12.7 Å². The molecule has 0 saturated carbocycles. The number of carbonyl (C=O) groups excluding carboxylic acids is 2. The average Bonchev–Trinajstić information content (AvgIpc) is 2.29. The van der Waals surface area contributed by atoms with E-state index in [-0.39, 0.29) is 0 Å². The van der Waals surface area contributed by atoms with Crippen LogP contribution in [0.15, 0.2) is 30.3 Å². The Kier molecular flexibility index (Phi) is 3.85. The van der Waals surface area contributed by atoms with Gasteiger partial charge in [0.2, 0.25) is 0 Å². The lowest BCUT2D eigenvalue weighted by Crippen LogP contribution is -2.25. The Morgan fingerprint density at radius 2 is 1.80 bits per heavy atom. The minimum Gasteiger partial charge on any atom is -0.466 e. The number of benzene rings is 1. The minimum absolute atomic E-state index is 0.410. The zero-order chi connectivity index (χ0) is 11.3. The van der Waals surface area contributed by atoms with Gasteiger partial charge in [0.1, 0.15) is 0 Å². The van der Waals surface area contributed by atoms with Crippen LogP contribution in [-0.4, -0.2) is 25.2 Å². The standard InChI is InChI=1S/C11H12O4/c1-8(10(12)14-2)15-11(13)9-6-4-3-5-7-9/h3-8H,1-2H3/t8-/m0/s1. The van der Waals surface area contributed by atoms with Crippen molar-refractivity contribution in [1.29, 1.82) is 0 Å². The van der Waals surface area contributed by atoms with E-state index in [4.69, 9.17) is 4.74 Å². The molecule has 1 rings (SSSR count). The molecular formula is C11H12O4. The third-order valence-corrected chi connectivity index (χ3v) is 1.83. The summed E-state index contributed by atoms with van der Waals surface area (Å²) in [5.74, 6) is -1.10. The molecule has 0 aliphatic heterocycles. The summed E-state index contributed by atoms with van der Waals surface area (Å²) in [6.07, 6.45) is -0.886. The molecule has 0 fully saturated rings. The third kappa shape index (κ3) is 3.09. The fourth-order valence-corrected chi connectivity index (χ4v) is 1.02. The maximum atomic E-state index is 11.4. The van der Waals surface area contributed by atoms with E-state index in [0.717, 1.165) is 0 Å². The highest BCUT2D eigenvalue weighted by Gasteiger charge is 2.18. The molecule has 0 N–H and O–H groups in total. The maximum absolute atomic E-state index is 11.4. The molecule has 0 spiro atoms. The van der Waals surface area contributed by atoms with Gasteiger partial charge in [-0.25, -0.2) is 9.59 Å².